The number of rotatable bonds is 4. The van der Waals surface area contributed by atoms with E-state index in [1.165, 1.54) is 7.11 Å². The predicted octanol–water partition coefficient (Wildman–Crippen LogP) is 2.39. The summed E-state index contributed by atoms with van der Waals surface area (Å²) in [6.45, 7) is 0. The Morgan fingerprint density at radius 2 is 1.90 bits per heavy atom. The molecule has 1 amide bonds. The van der Waals surface area contributed by atoms with Crippen LogP contribution in [0.3, 0.4) is 0 Å². The molecular formula is C15H15NO4. The first kappa shape index (κ1) is 12.7. The van der Waals surface area contributed by atoms with Gasteiger partial charge in [0, 0.05) is 12.8 Å². The highest BCUT2D eigenvalue weighted by atomic mass is 16.5. The maximum absolute atomic E-state index is 12.2. The van der Waals surface area contributed by atoms with Crippen LogP contribution in [0.25, 0.3) is 0 Å². The molecule has 1 saturated heterocycles. The second-order valence-electron chi connectivity index (χ2n) is 4.52. The normalized spacial score (nSPS) is 21.7. The van der Waals surface area contributed by atoms with Crippen molar-refractivity contribution >= 4 is 11.6 Å². The first-order valence-corrected chi connectivity index (χ1v) is 6.29. The molecule has 2 unspecified atom stereocenters. The Morgan fingerprint density at radius 1 is 1.15 bits per heavy atom. The maximum atomic E-state index is 12.2. The number of ether oxygens (including phenoxy) is 2. The molecule has 2 atom stereocenters. The Kier molecular flexibility index (Phi) is 3.20. The van der Waals surface area contributed by atoms with Gasteiger partial charge in [-0.05, 0) is 36.4 Å². The number of benzene rings is 1. The molecule has 104 valence electrons. The van der Waals surface area contributed by atoms with Crippen LogP contribution in [-0.2, 0) is 9.53 Å². The summed E-state index contributed by atoms with van der Waals surface area (Å²) in [5.74, 6) is 1.39. The highest BCUT2D eigenvalue weighted by Crippen LogP contribution is 2.41. The van der Waals surface area contributed by atoms with Crippen LogP contribution in [0.2, 0.25) is 0 Å². The summed E-state index contributed by atoms with van der Waals surface area (Å²) < 4.78 is 15.8. The molecule has 0 aliphatic carbocycles. The summed E-state index contributed by atoms with van der Waals surface area (Å²) >= 11 is 0. The molecule has 1 fully saturated rings. The molecule has 1 aliphatic rings. The fraction of sp³-hybridized carbons (Fsp3) is 0.267. The van der Waals surface area contributed by atoms with Crippen LogP contribution in [0.4, 0.5) is 5.69 Å². The Bertz CT molecular complexity index is 591. The number of furan rings is 1. The molecule has 20 heavy (non-hydrogen) atoms. The predicted molar refractivity (Wildman–Crippen MR) is 72.7 cm³/mol. The number of amides is 1. The van der Waals surface area contributed by atoms with Crippen LogP contribution in [0.15, 0.2) is 47.1 Å². The monoisotopic (exact) mass is 273 g/mol. The Labute approximate surface area is 116 Å². The minimum atomic E-state index is -0.497. The molecule has 0 spiro atoms. The van der Waals surface area contributed by atoms with E-state index >= 15 is 0 Å². The van der Waals surface area contributed by atoms with Crippen molar-refractivity contribution in [1.29, 1.82) is 0 Å². The third kappa shape index (κ3) is 1.87. The van der Waals surface area contributed by atoms with Gasteiger partial charge in [-0.1, -0.05) is 0 Å². The Hall–Kier alpha value is -2.27. The summed E-state index contributed by atoms with van der Waals surface area (Å²) in [6, 6.07) is 10.8. The van der Waals surface area contributed by atoms with Crippen molar-refractivity contribution in [2.75, 3.05) is 19.1 Å². The lowest BCUT2D eigenvalue weighted by molar-refractivity contribution is -0.140. The number of carbonyl (C=O) groups excluding carboxylic acids is 1. The topological polar surface area (TPSA) is 51.9 Å². The standard InChI is InChI=1S/C15H15NO4/c1-18-11-7-5-10(6-8-11)16-13(12-4-3-9-20-12)14(19-2)15(16)17/h3-9,13-14H,1-2H3. The van der Waals surface area contributed by atoms with Gasteiger partial charge in [-0.3, -0.25) is 9.69 Å². The minimum Gasteiger partial charge on any atom is -0.497 e. The first-order chi connectivity index (χ1) is 9.76. The largest absolute Gasteiger partial charge is 0.497 e. The van der Waals surface area contributed by atoms with Crippen molar-refractivity contribution in [3.05, 3.63) is 48.4 Å². The third-order valence-electron chi connectivity index (χ3n) is 3.48. The van der Waals surface area contributed by atoms with Gasteiger partial charge in [-0.25, -0.2) is 0 Å². The summed E-state index contributed by atoms with van der Waals surface area (Å²) in [6.07, 6.45) is 1.10. The molecule has 2 heterocycles. The van der Waals surface area contributed by atoms with Crippen LogP contribution in [0.5, 0.6) is 5.75 Å². The summed E-state index contributed by atoms with van der Waals surface area (Å²) in [5.41, 5.74) is 0.797. The average molecular weight is 273 g/mol. The van der Waals surface area contributed by atoms with Crippen LogP contribution < -0.4 is 9.64 Å². The van der Waals surface area contributed by atoms with Crippen molar-refractivity contribution in [2.24, 2.45) is 0 Å². The van der Waals surface area contributed by atoms with Gasteiger partial charge < -0.3 is 13.9 Å². The van der Waals surface area contributed by atoms with Crippen molar-refractivity contribution in [3.63, 3.8) is 0 Å². The van der Waals surface area contributed by atoms with E-state index in [-0.39, 0.29) is 11.9 Å². The third-order valence-corrected chi connectivity index (χ3v) is 3.48. The van der Waals surface area contributed by atoms with Gasteiger partial charge in [-0.15, -0.1) is 0 Å². The molecule has 1 aromatic carbocycles. The van der Waals surface area contributed by atoms with Gasteiger partial charge in [0.1, 0.15) is 17.6 Å². The number of nitrogens with zero attached hydrogens (tertiary/aromatic N) is 1. The van der Waals surface area contributed by atoms with E-state index in [4.69, 9.17) is 13.9 Å². The van der Waals surface area contributed by atoms with E-state index < -0.39 is 6.10 Å². The molecule has 0 radical (unpaired) electrons. The number of carbonyl (C=O) groups is 1. The van der Waals surface area contributed by atoms with Crippen LogP contribution in [-0.4, -0.2) is 26.2 Å². The average Bonchev–Trinajstić information content (AvgIpc) is 2.99. The number of β-lactam (4-membered cyclic amide) rings is 1. The second kappa shape index (κ2) is 5.02. The van der Waals surface area contributed by atoms with Crippen molar-refractivity contribution in [3.8, 4) is 5.75 Å². The quantitative estimate of drug-likeness (QED) is 0.803. The van der Waals surface area contributed by atoms with Gasteiger partial charge in [0.25, 0.3) is 5.91 Å². The molecule has 1 aliphatic heterocycles. The molecule has 1 aromatic heterocycles. The Morgan fingerprint density at radius 3 is 2.45 bits per heavy atom. The highest BCUT2D eigenvalue weighted by molar-refractivity contribution is 6.05. The first-order valence-electron chi connectivity index (χ1n) is 6.29. The zero-order valence-corrected chi connectivity index (χ0v) is 11.3. The van der Waals surface area contributed by atoms with E-state index in [0.717, 1.165) is 11.4 Å². The van der Waals surface area contributed by atoms with Gasteiger partial charge in [-0.2, -0.15) is 0 Å². The molecule has 5 heteroatoms. The number of hydrogen-bond donors (Lipinski definition) is 0. The number of hydrogen-bond acceptors (Lipinski definition) is 4. The van der Waals surface area contributed by atoms with Gasteiger partial charge in [0.15, 0.2) is 6.10 Å². The summed E-state index contributed by atoms with van der Waals surface area (Å²) in [7, 11) is 3.14. The SMILES string of the molecule is COc1ccc(N2C(=O)C(OC)C2c2ccco2)cc1. The molecule has 0 saturated carbocycles. The van der Waals surface area contributed by atoms with Gasteiger partial charge >= 0.3 is 0 Å². The lowest BCUT2D eigenvalue weighted by Gasteiger charge is -2.44. The summed E-state index contributed by atoms with van der Waals surface area (Å²) in [4.78, 5) is 13.9. The van der Waals surface area contributed by atoms with Crippen molar-refractivity contribution < 1.29 is 18.7 Å². The van der Waals surface area contributed by atoms with E-state index in [1.54, 1.807) is 24.3 Å². The lowest BCUT2D eigenvalue weighted by Crippen LogP contribution is -2.59. The van der Waals surface area contributed by atoms with Crippen molar-refractivity contribution in [1.82, 2.24) is 0 Å². The van der Waals surface area contributed by atoms with E-state index in [9.17, 15) is 4.79 Å². The van der Waals surface area contributed by atoms with E-state index in [1.807, 2.05) is 30.3 Å². The summed E-state index contributed by atoms with van der Waals surface area (Å²) in [5, 5.41) is 0. The van der Waals surface area contributed by atoms with Crippen LogP contribution in [0, 0.1) is 0 Å². The zero-order valence-electron chi connectivity index (χ0n) is 11.3. The van der Waals surface area contributed by atoms with Gasteiger partial charge in [0.05, 0.1) is 13.4 Å². The fourth-order valence-corrected chi connectivity index (χ4v) is 2.46. The maximum Gasteiger partial charge on any atom is 0.259 e. The van der Waals surface area contributed by atoms with Crippen LogP contribution >= 0.6 is 0 Å². The molecule has 2 aromatic rings. The van der Waals surface area contributed by atoms with E-state index in [0.29, 0.717) is 5.76 Å². The number of anilines is 1. The van der Waals surface area contributed by atoms with Gasteiger partial charge in [0.2, 0.25) is 0 Å². The minimum absolute atomic E-state index is 0.0703. The molecular weight excluding hydrogens is 258 g/mol. The molecule has 0 N–H and O–H groups in total. The highest BCUT2D eigenvalue weighted by Gasteiger charge is 2.50. The lowest BCUT2D eigenvalue weighted by atomic mass is 9.94. The molecule has 0 bridgehead atoms. The molecule has 5 nitrogen and oxygen atoms in total. The molecule has 3 rings (SSSR count). The zero-order chi connectivity index (χ0) is 14.1. The van der Waals surface area contributed by atoms with Crippen molar-refractivity contribution in [2.45, 2.75) is 12.1 Å². The second-order valence-corrected chi connectivity index (χ2v) is 4.52. The number of methoxy groups -OCH3 is 2. The Balaban J connectivity index is 1.92. The van der Waals surface area contributed by atoms with E-state index in [2.05, 4.69) is 0 Å². The smallest absolute Gasteiger partial charge is 0.259 e. The van der Waals surface area contributed by atoms with Crippen LogP contribution in [0.1, 0.15) is 11.8 Å². The fourth-order valence-electron chi connectivity index (χ4n) is 2.46.